The molecule has 0 aliphatic heterocycles. The molecule has 0 saturated heterocycles. The smallest absolute Gasteiger partial charge is 0.340 e. The lowest BCUT2D eigenvalue weighted by atomic mass is 10.2. The summed E-state index contributed by atoms with van der Waals surface area (Å²) >= 11 is 0. The average molecular weight is 407 g/mol. The van der Waals surface area contributed by atoms with Gasteiger partial charge in [-0.05, 0) is 36.8 Å². The van der Waals surface area contributed by atoms with Gasteiger partial charge < -0.3 is 15.4 Å². The second kappa shape index (κ2) is 12.0. The number of unbranched alkanes of at least 4 members (excludes halogenated alkanes) is 1. The van der Waals surface area contributed by atoms with Gasteiger partial charge in [0.25, 0.3) is 0 Å². The Morgan fingerprint density at radius 2 is 1.90 bits per heavy atom. The normalized spacial score (nSPS) is 10.4. The Labute approximate surface area is 176 Å². The van der Waals surface area contributed by atoms with Crippen LogP contribution in [0.5, 0.6) is 0 Å². The van der Waals surface area contributed by atoms with Gasteiger partial charge in [-0.3, -0.25) is 4.79 Å². The molecular weight excluding hydrogens is 382 g/mol. The van der Waals surface area contributed by atoms with Crippen molar-refractivity contribution in [3.05, 3.63) is 48.0 Å². The first-order valence-electron chi connectivity index (χ1n) is 9.75. The molecule has 0 unspecified atom stereocenters. The van der Waals surface area contributed by atoms with E-state index in [-0.39, 0.29) is 5.91 Å². The van der Waals surface area contributed by atoms with Gasteiger partial charge in [0, 0.05) is 19.2 Å². The third-order valence-electron chi connectivity index (χ3n) is 3.99. The zero-order valence-electron chi connectivity index (χ0n) is 17.1. The van der Waals surface area contributed by atoms with E-state index in [2.05, 4.69) is 26.9 Å². The molecule has 0 aromatic heterocycles. The number of amides is 1. The van der Waals surface area contributed by atoms with Crippen LogP contribution in [-0.4, -0.2) is 25.0 Å². The summed E-state index contributed by atoms with van der Waals surface area (Å²) in [4.78, 5) is 23.9. The number of benzene rings is 2. The molecule has 8 heteroatoms. The molecule has 2 rings (SSSR count). The lowest BCUT2D eigenvalue weighted by Crippen LogP contribution is -2.07. The van der Waals surface area contributed by atoms with E-state index in [0.29, 0.717) is 42.2 Å². The maximum Gasteiger partial charge on any atom is 0.340 e. The van der Waals surface area contributed by atoms with Crippen molar-refractivity contribution in [1.82, 2.24) is 0 Å². The minimum absolute atomic E-state index is 0.250. The standard InChI is InChI=1S/C22H25N5O3/c1-3-4-14-30-22(29)18-8-5-6-9-19(18)26-27-20-11-10-17(24-13-7-12-23)15-21(20)25-16(2)28/h5-6,8-11,15,24H,3-4,7,13-14H2,1-2H3,(H,25,28). The summed E-state index contributed by atoms with van der Waals surface area (Å²) < 4.78 is 5.27. The van der Waals surface area contributed by atoms with Crippen molar-refractivity contribution >= 4 is 34.6 Å². The van der Waals surface area contributed by atoms with Crippen LogP contribution in [0.15, 0.2) is 52.7 Å². The molecule has 0 radical (unpaired) electrons. The molecule has 1 amide bonds. The number of carbonyl (C=O) groups excluding carboxylic acids is 2. The van der Waals surface area contributed by atoms with Crippen LogP contribution in [0, 0.1) is 11.3 Å². The van der Waals surface area contributed by atoms with Gasteiger partial charge in [0.2, 0.25) is 5.91 Å². The predicted molar refractivity (Wildman–Crippen MR) is 115 cm³/mol. The van der Waals surface area contributed by atoms with Crippen LogP contribution < -0.4 is 10.6 Å². The third-order valence-corrected chi connectivity index (χ3v) is 3.99. The highest BCUT2D eigenvalue weighted by Gasteiger charge is 2.12. The summed E-state index contributed by atoms with van der Waals surface area (Å²) in [6.45, 7) is 4.27. The number of nitrogens with one attached hydrogen (secondary N) is 2. The number of anilines is 2. The summed E-state index contributed by atoms with van der Waals surface area (Å²) in [7, 11) is 0. The third kappa shape index (κ3) is 7.02. The molecule has 2 aromatic carbocycles. The SMILES string of the molecule is CCCCOC(=O)c1ccccc1N=Nc1ccc(NCCC#N)cc1NC(C)=O. The molecule has 0 saturated carbocycles. The van der Waals surface area contributed by atoms with Crippen molar-refractivity contribution in [2.45, 2.75) is 33.1 Å². The van der Waals surface area contributed by atoms with Crippen molar-refractivity contribution in [1.29, 1.82) is 5.26 Å². The predicted octanol–water partition coefficient (Wildman–Crippen LogP) is 5.34. The van der Waals surface area contributed by atoms with Crippen LogP contribution in [0.3, 0.4) is 0 Å². The van der Waals surface area contributed by atoms with E-state index < -0.39 is 5.97 Å². The van der Waals surface area contributed by atoms with E-state index in [9.17, 15) is 9.59 Å². The summed E-state index contributed by atoms with van der Waals surface area (Å²) in [5.74, 6) is -0.697. The maximum atomic E-state index is 12.3. The van der Waals surface area contributed by atoms with Crippen LogP contribution in [0.2, 0.25) is 0 Å². The fourth-order valence-corrected chi connectivity index (χ4v) is 2.51. The van der Waals surface area contributed by atoms with E-state index in [1.54, 1.807) is 42.5 Å². The average Bonchev–Trinajstić information content (AvgIpc) is 2.73. The first kappa shape index (κ1) is 22.6. The molecular formula is C22H25N5O3. The Kier molecular flexibility index (Phi) is 9.00. The number of azo groups is 1. The maximum absolute atomic E-state index is 12.3. The molecule has 2 N–H and O–H groups in total. The van der Waals surface area contributed by atoms with Gasteiger partial charge >= 0.3 is 5.97 Å². The van der Waals surface area contributed by atoms with E-state index in [1.807, 2.05) is 6.92 Å². The Morgan fingerprint density at radius 3 is 2.63 bits per heavy atom. The summed E-state index contributed by atoms with van der Waals surface area (Å²) in [6.07, 6.45) is 2.09. The first-order chi connectivity index (χ1) is 14.5. The second-order valence-electron chi connectivity index (χ2n) is 6.45. The molecule has 8 nitrogen and oxygen atoms in total. The van der Waals surface area contributed by atoms with Crippen LogP contribution in [0.1, 0.15) is 43.5 Å². The van der Waals surface area contributed by atoms with Crippen LogP contribution in [0.4, 0.5) is 22.7 Å². The van der Waals surface area contributed by atoms with Gasteiger partial charge in [0.1, 0.15) is 11.4 Å². The number of rotatable bonds is 10. The van der Waals surface area contributed by atoms with Crippen molar-refractivity contribution in [3.8, 4) is 6.07 Å². The minimum atomic E-state index is -0.447. The molecule has 0 spiro atoms. The Hall–Kier alpha value is -3.73. The molecule has 0 atom stereocenters. The number of carbonyl (C=O) groups is 2. The number of nitriles is 1. The number of nitrogens with zero attached hydrogens (tertiary/aromatic N) is 3. The molecule has 0 aliphatic carbocycles. The molecule has 30 heavy (non-hydrogen) atoms. The highest BCUT2D eigenvalue weighted by Crippen LogP contribution is 2.31. The van der Waals surface area contributed by atoms with Gasteiger partial charge in [0.15, 0.2) is 0 Å². The summed E-state index contributed by atoms with van der Waals surface area (Å²) in [5, 5.41) is 22.9. The zero-order valence-corrected chi connectivity index (χ0v) is 17.1. The Balaban J connectivity index is 2.25. The van der Waals surface area contributed by atoms with Crippen molar-refractivity contribution in [2.24, 2.45) is 10.2 Å². The van der Waals surface area contributed by atoms with Crippen molar-refractivity contribution in [2.75, 3.05) is 23.8 Å². The van der Waals surface area contributed by atoms with Gasteiger partial charge in [-0.25, -0.2) is 4.79 Å². The van der Waals surface area contributed by atoms with Crippen LogP contribution >= 0.6 is 0 Å². The molecule has 156 valence electrons. The first-order valence-corrected chi connectivity index (χ1v) is 9.75. The quantitative estimate of drug-likeness (QED) is 0.313. The van der Waals surface area contributed by atoms with Gasteiger partial charge in [-0.1, -0.05) is 25.5 Å². The van der Waals surface area contributed by atoms with Crippen molar-refractivity contribution in [3.63, 3.8) is 0 Å². The zero-order chi connectivity index (χ0) is 21.8. The van der Waals surface area contributed by atoms with E-state index in [1.165, 1.54) is 6.92 Å². The Morgan fingerprint density at radius 1 is 1.13 bits per heavy atom. The second-order valence-corrected chi connectivity index (χ2v) is 6.45. The van der Waals surface area contributed by atoms with Gasteiger partial charge in [0.05, 0.1) is 30.3 Å². The molecule has 0 fully saturated rings. The number of esters is 1. The van der Waals surface area contributed by atoms with Crippen LogP contribution in [0.25, 0.3) is 0 Å². The van der Waals surface area contributed by atoms with Gasteiger partial charge in [-0.15, -0.1) is 10.2 Å². The highest BCUT2D eigenvalue weighted by molar-refractivity contribution is 5.95. The fraction of sp³-hybridized carbons (Fsp3) is 0.318. The molecule has 0 heterocycles. The monoisotopic (exact) mass is 407 g/mol. The topological polar surface area (TPSA) is 116 Å². The molecule has 2 aromatic rings. The van der Waals surface area contributed by atoms with Gasteiger partial charge in [-0.2, -0.15) is 5.26 Å². The Bertz CT molecular complexity index is 950. The highest BCUT2D eigenvalue weighted by atomic mass is 16.5. The van der Waals surface area contributed by atoms with E-state index >= 15 is 0 Å². The lowest BCUT2D eigenvalue weighted by Gasteiger charge is -2.10. The number of hydrogen-bond donors (Lipinski definition) is 2. The number of hydrogen-bond acceptors (Lipinski definition) is 7. The fourth-order valence-electron chi connectivity index (χ4n) is 2.51. The van der Waals surface area contributed by atoms with Crippen LogP contribution in [-0.2, 0) is 9.53 Å². The molecule has 0 aliphatic rings. The largest absolute Gasteiger partial charge is 0.462 e. The van der Waals surface area contributed by atoms with E-state index in [4.69, 9.17) is 10.00 Å². The molecule has 0 bridgehead atoms. The lowest BCUT2D eigenvalue weighted by molar-refractivity contribution is -0.114. The minimum Gasteiger partial charge on any atom is -0.462 e. The number of ether oxygens (including phenoxy) is 1. The van der Waals surface area contributed by atoms with E-state index in [0.717, 1.165) is 18.5 Å². The summed E-state index contributed by atoms with van der Waals surface area (Å²) in [6, 6.07) is 14.1. The summed E-state index contributed by atoms with van der Waals surface area (Å²) in [5.41, 5.74) is 2.35. The van der Waals surface area contributed by atoms with Crippen molar-refractivity contribution < 1.29 is 14.3 Å².